The Morgan fingerprint density at radius 2 is 2.05 bits per heavy atom. The van der Waals surface area contributed by atoms with Gasteiger partial charge in [-0.3, -0.25) is 10.1 Å². The van der Waals surface area contributed by atoms with Crippen molar-refractivity contribution in [2.45, 2.75) is 0 Å². The SMILES string of the molecule is COC(=O)Nc1ccc(N2CCN(C=O)CC2)nn1. The van der Waals surface area contributed by atoms with Crippen molar-refractivity contribution >= 4 is 24.1 Å². The molecule has 0 atom stereocenters. The molecule has 1 aromatic heterocycles. The average molecular weight is 265 g/mol. The zero-order valence-electron chi connectivity index (χ0n) is 10.6. The number of methoxy groups -OCH3 is 1. The van der Waals surface area contributed by atoms with Gasteiger partial charge in [0.05, 0.1) is 7.11 Å². The zero-order valence-corrected chi connectivity index (χ0v) is 10.6. The lowest BCUT2D eigenvalue weighted by Crippen LogP contribution is -2.46. The van der Waals surface area contributed by atoms with E-state index in [2.05, 4.69) is 20.3 Å². The first-order valence-electron chi connectivity index (χ1n) is 5.86. The first kappa shape index (κ1) is 13.1. The maximum atomic E-state index is 11.0. The molecule has 0 unspecified atom stereocenters. The van der Waals surface area contributed by atoms with Gasteiger partial charge >= 0.3 is 6.09 Å². The lowest BCUT2D eigenvalue weighted by molar-refractivity contribution is -0.118. The molecular formula is C11H15N5O3. The van der Waals surface area contributed by atoms with Crippen LogP contribution in [-0.2, 0) is 9.53 Å². The number of piperazine rings is 1. The van der Waals surface area contributed by atoms with Crippen LogP contribution < -0.4 is 10.2 Å². The van der Waals surface area contributed by atoms with Gasteiger partial charge in [0.2, 0.25) is 6.41 Å². The van der Waals surface area contributed by atoms with Crippen molar-refractivity contribution in [3.63, 3.8) is 0 Å². The monoisotopic (exact) mass is 265 g/mol. The molecular weight excluding hydrogens is 250 g/mol. The number of carbonyl (C=O) groups is 2. The van der Waals surface area contributed by atoms with Crippen molar-refractivity contribution in [1.29, 1.82) is 0 Å². The van der Waals surface area contributed by atoms with E-state index in [0.717, 1.165) is 25.3 Å². The van der Waals surface area contributed by atoms with E-state index in [-0.39, 0.29) is 0 Å². The van der Waals surface area contributed by atoms with Crippen LogP contribution in [-0.4, -0.2) is 60.9 Å². The van der Waals surface area contributed by atoms with Gasteiger partial charge in [-0.1, -0.05) is 0 Å². The third-order valence-corrected chi connectivity index (χ3v) is 2.85. The summed E-state index contributed by atoms with van der Waals surface area (Å²) in [6.45, 7) is 2.79. The Hall–Kier alpha value is -2.38. The van der Waals surface area contributed by atoms with E-state index in [1.54, 1.807) is 17.0 Å². The fraction of sp³-hybridized carbons (Fsp3) is 0.455. The number of amides is 2. The van der Waals surface area contributed by atoms with Crippen molar-refractivity contribution in [2.75, 3.05) is 43.5 Å². The minimum atomic E-state index is -0.582. The fourth-order valence-electron chi connectivity index (χ4n) is 1.77. The lowest BCUT2D eigenvalue weighted by atomic mass is 10.3. The summed E-state index contributed by atoms with van der Waals surface area (Å²) in [6, 6.07) is 3.43. The molecule has 1 aliphatic rings. The van der Waals surface area contributed by atoms with Gasteiger partial charge in [-0.05, 0) is 12.1 Å². The van der Waals surface area contributed by atoms with E-state index < -0.39 is 6.09 Å². The molecule has 1 N–H and O–H groups in total. The minimum absolute atomic E-state index is 0.335. The van der Waals surface area contributed by atoms with Gasteiger partial charge in [-0.15, -0.1) is 10.2 Å². The second kappa shape index (κ2) is 5.98. The second-order valence-electron chi connectivity index (χ2n) is 4.02. The smallest absolute Gasteiger partial charge is 0.412 e. The Kier molecular flexibility index (Phi) is 4.11. The number of carbonyl (C=O) groups excluding carboxylic acids is 2. The van der Waals surface area contributed by atoms with Crippen LogP contribution in [0.1, 0.15) is 0 Å². The Bertz CT molecular complexity index is 442. The van der Waals surface area contributed by atoms with Gasteiger partial charge in [0, 0.05) is 26.2 Å². The standard InChI is InChI=1S/C11H15N5O3/c1-19-11(18)12-9-2-3-10(14-13-9)16-6-4-15(8-17)5-7-16/h2-3,8H,4-7H2,1H3,(H,12,13,18). The molecule has 0 radical (unpaired) electrons. The highest BCUT2D eigenvalue weighted by molar-refractivity contribution is 5.83. The zero-order chi connectivity index (χ0) is 13.7. The van der Waals surface area contributed by atoms with E-state index in [9.17, 15) is 9.59 Å². The predicted molar refractivity (Wildman–Crippen MR) is 67.9 cm³/mol. The molecule has 0 spiro atoms. The van der Waals surface area contributed by atoms with E-state index in [4.69, 9.17) is 0 Å². The number of aromatic nitrogens is 2. The molecule has 102 valence electrons. The van der Waals surface area contributed by atoms with Crippen LogP contribution in [0.3, 0.4) is 0 Å². The maximum absolute atomic E-state index is 11.0. The van der Waals surface area contributed by atoms with Gasteiger partial charge in [-0.25, -0.2) is 4.79 Å². The predicted octanol–water partition coefficient (Wildman–Crippen LogP) is -0.0667. The van der Waals surface area contributed by atoms with Crippen molar-refractivity contribution in [1.82, 2.24) is 15.1 Å². The molecule has 19 heavy (non-hydrogen) atoms. The van der Waals surface area contributed by atoms with Crippen molar-refractivity contribution in [3.05, 3.63) is 12.1 Å². The molecule has 2 amide bonds. The largest absolute Gasteiger partial charge is 0.453 e. The van der Waals surface area contributed by atoms with Crippen LogP contribution in [0.25, 0.3) is 0 Å². The molecule has 1 aromatic rings. The molecule has 1 fully saturated rings. The van der Waals surface area contributed by atoms with E-state index in [0.29, 0.717) is 18.9 Å². The molecule has 1 aliphatic heterocycles. The summed E-state index contributed by atoms with van der Waals surface area (Å²) in [6.07, 6.45) is 0.272. The summed E-state index contributed by atoms with van der Waals surface area (Å²) in [7, 11) is 1.28. The summed E-state index contributed by atoms with van der Waals surface area (Å²) < 4.78 is 4.46. The minimum Gasteiger partial charge on any atom is -0.453 e. The topological polar surface area (TPSA) is 87.7 Å². The summed E-state index contributed by atoms with van der Waals surface area (Å²) in [4.78, 5) is 25.3. The molecule has 0 aliphatic carbocycles. The van der Waals surface area contributed by atoms with E-state index in [1.807, 2.05) is 4.90 Å². The highest BCUT2D eigenvalue weighted by Crippen LogP contribution is 2.13. The molecule has 0 saturated carbocycles. The fourth-order valence-corrected chi connectivity index (χ4v) is 1.77. The first-order chi connectivity index (χ1) is 9.22. The number of rotatable bonds is 3. The normalized spacial score (nSPS) is 15.0. The summed E-state index contributed by atoms with van der Waals surface area (Å²) in [5, 5.41) is 10.4. The molecule has 0 bridgehead atoms. The molecule has 2 rings (SSSR count). The van der Waals surface area contributed by atoms with Crippen molar-refractivity contribution in [2.24, 2.45) is 0 Å². The van der Waals surface area contributed by atoms with Crippen LogP contribution in [0.4, 0.5) is 16.4 Å². The number of anilines is 2. The number of hydrogen-bond acceptors (Lipinski definition) is 6. The van der Waals surface area contributed by atoms with Crippen LogP contribution >= 0.6 is 0 Å². The third-order valence-electron chi connectivity index (χ3n) is 2.85. The number of hydrogen-bond donors (Lipinski definition) is 1. The first-order valence-corrected chi connectivity index (χ1v) is 5.86. The molecule has 8 nitrogen and oxygen atoms in total. The van der Waals surface area contributed by atoms with Gasteiger partial charge < -0.3 is 14.5 Å². The number of nitrogens with zero attached hydrogens (tertiary/aromatic N) is 4. The maximum Gasteiger partial charge on any atom is 0.412 e. The van der Waals surface area contributed by atoms with Crippen molar-refractivity contribution < 1.29 is 14.3 Å². The lowest BCUT2D eigenvalue weighted by Gasteiger charge is -2.32. The van der Waals surface area contributed by atoms with Crippen LogP contribution in [0.15, 0.2) is 12.1 Å². The molecule has 8 heteroatoms. The van der Waals surface area contributed by atoms with Crippen LogP contribution in [0.5, 0.6) is 0 Å². The average Bonchev–Trinajstić information content (AvgIpc) is 2.48. The quantitative estimate of drug-likeness (QED) is 0.770. The number of nitrogens with one attached hydrogen (secondary N) is 1. The molecule has 0 aromatic carbocycles. The Morgan fingerprint density at radius 1 is 1.32 bits per heavy atom. The Labute approximate surface area is 110 Å². The van der Waals surface area contributed by atoms with Gasteiger partial charge in [0.1, 0.15) is 0 Å². The van der Waals surface area contributed by atoms with E-state index >= 15 is 0 Å². The van der Waals surface area contributed by atoms with Gasteiger partial charge in [-0.2, -0.15) is 0 Å². The highest BCUT2D eigenvalue weighted by atomic mass is 16.5. The summed E-state index contributed by atoms with van der Waals surface area (Å²) in [5.74, 6) is 1.06. The number of ether oxygens (including phenoxy) is 1. The van der Waals surface area contributed by atoms with Crippen LogP contribution in [0.2, 0.25) is 0 Å². The Balaban J connectivity index is 1.95. The third kappa shape index (κ3) is 3.30. The van der Waals surface area contributed by atoms with Gasteiger partial charge in [0.25, 0.3) is 0 Å². The Morgan fingerprint density at radius 3 is 2.58 bits per heavy atom. The highest BCUT2D eigenvalue weighted by Gasteiger charge is 2.17. The second-order valence-corrected chi connectivity index (χ2v) is 4.02. The molecule has 2 heterocycles. The van der Waals surface area contributed by atoms with Crippen LogP contribution in [0, 0.1) is 0 Å². The molecule has 1 saturated heterocycles. The van der Waals surface area contributed by atoms with Crippen molar-refractivity contribution in [3.8, 4) is 0 Å². The van der Waals surface area contributed by atoms with Gasteiger partial charge in [0.15, 0.2) is 11.6 Å². The summed E-state index contributed by atoms with van der Waals surface area (Å²) in [5.41, 5.74) is 0. The summed E-state index contributed by atoms with van der Waals surface area (Å²) >= 11 is 0. The van der Waals surface area contributed by atoms with E-state index in [1.165, 1.54) is 7.11 Å².